The fourth-order valence-electron chi connectivity index (χ4n) is 5.43. The summed E-state index contributed by atoms with van der Waals surface area (Å²) < 4.78 is 22.4. The number of hydrogen-bond acceptors (Lipinski definition) is 7. The van der Waals surface area contributed by atoms with Crippen LogP contribution in [0.3, 0.4) is 0 Å². The largest absolute Gasteiger partial charge is 0.497 e. The number of aliphatic imine (C=N–C) groups is 1. The average Bonchev–Trinajstić information content (AvgIpc) is 3.26. The molecule has 2 fully saturated rings. The SMILES string of the molecule is CCOCO[C@@H]1C[C@H]2C3=NC4(C[C@@H]4/C=C\CCCCCN(Cc4ccc(OC)cc4)C(=O)N2C1)C(=O)O3. The van der Waals surface area contributed by atoms with Crippen molar-refractivity contribution in [2.24, 2.45) is 10.9 Å². The molecule has 5 rings (SSSR count). The van der Waals surface area contributed by atoms with E-state index in [9.17, 15) is 9.59 Å². The summed E-state index contributed by atoms with van der Waals surface area (Å²) in [5.41, 5.74) is 0.215. The molecule has 1 saturated heterocycles. The molecule has 1 spiro atoms. The van der Waals surface area contributed by atoms with Crippen LogP contribution in [0.5, 0.6) is 5.75 Å². The fourth-order valence-corrected chi connectivity index (χ4v) is 5.43. The van der Waals surface area contributed by atoms with E-state index < -0.39 is 11.6 Å². The molecule has 0 N–H and O–H groups in total. The summed E-state index contributed by atoms with van der Waals surface area (Å²) in [6.07, 6.45) is 9.18. The number of esters is 1. The second-order valence-corrected chi connectivity index (χ2v) is 10.2. The van der Waals surface area contributed by atoms with E-state index in [2.05, 4.69) is 12.2 Å². The topological polar surface area (TPSA) is 89.9 Å². The van der Waals surface area contributed by atoms with Crippen molar-refractivity contribution in [2.75, 3.05) is 33.6 Å². The number of nitrogens with zero attached hydrogens (tertiary/aromatic N) is 3. The van der Waals surface area contributed by atoms with Crippen LogP contribution in [-0.2, 0) is 25.5 Å². The smallest absolute Gasteiger partial charge is 0.341 e. The predicted molar refractivity (Wildman–Crippen MR) is 137 cm³/mol. The number of methoxy groups -OCH3 is 1. The lowest BCUT2D eigenvalue weighted by Crippen LogP contribution is -2.48. The molecule has 9 heteroatoms. The van der Waals surface area contributed by atoms with Crippen molar-refractivity contribution in [3.63, 3.8) is 0 Å². The Morgan fingerprint density at radius 3 is 2.78 bits per heavy atom. The molecule has 3 heterocycles. The number of benzene rings is 1. The highest BCUT2D eigenvalue weighted by Gasteiger charge is 2.65. The van der Waals surface area contributed by atoms with Crippen LogP contribution < -0.4 is 4.74 Å². The molecule has 4 atom stereocenters. The van der Waals surface area contributed by atoms with Gasteiger partial charge in [-0.05, 0) is 50.3 Å². The number of carbonyl (C=O) groups excluding carboxylic acids is 2. The molecule has 9 nitrogen and oxygen atoms in total. The lowest BCUT2D eigenvalue weighted by atomic mass is 10.1. The summed E-state index contributed by atoms with van der Waals surface area (Å²) >= 11 is 0. The summed E-state index contributed by atoms with van der Waals surface area (Å²) in [6, 6.07) is 7.26. The first-order valence-corrected chi connectivity index (χ1v) is 13.4. The van der Waals surface area contributed by atoms with E-state index in [1.54, 1.807) is 12.0 Å². The van der Waals surface area contributed by atoms with Gasteiger partial charge in [-0.2, -0.15) is 0 Å². The lowest BCUT2D eigenvalue weighted by molar-refractivity contribution is -0.136. The molecule has 0 radical (unpaired) electrons. The van der Waals surface area contributed by atoms with Crippen LogP contribution in [0.1, 0.15) is 51.0 Å². The number of allylic oxidation sites excluding steroid dienone is 1. The van der Waals surface area contributed by atoms with Gasteiger partial charge in [0, 0.05) is 38.6 Å². The highest BCUT2D eigenvalue weighted by Crippen LogP contribution is 2.52. The summed E-state index contributed by atoms with van der Waals surface area (Å²) in [4.78, 5) is 35.4. The summed E-state index contributed by atoms with van der Waals surface area (Å²) in [5, 5.41) is 0. The Morgan fingerprint density at radius 2 is 2.00 bits per heavy atom. The van der Waals surface area contributed by atoms with Gasteiger partial charge in [0.05, 0.1) is 13.2 Å². The minimum absolute atomic E-state index is 0.0738. The zero-order chi connectivity index (χ0) is 25.8. The standard InChI is InChI=1S/C28H37N3O6/c1-3-35-19-36-23-15-24-25-29-28(26(32)37-25)16-21(28)9-7-5-4-6-8-14-30(27(33)31(24)18-23)17-20-10-12-22(34-2)13-11-20/h7,9-13,21,23-24H,3-6,8,14-19H2,1-2H3/b9-7-/t21-,23+,24-,28?/m0/s1. The van der Waals surface area contributed by atoms with Gasteiger partial charge in [-0.3, -0.25) is 0 Å². The Kier molecular flexibility index (Phi) is 7.81. The number of amides is 2. The van der Waals surface area contributed by atoms with Crippen LogP contribution in [-0.4, -0.2) is 79.0 Å². The van der Waals surface area contributed by atoms with Crippen molar-refractivity contribution in [1.82, 2.24) is 9.80 Å². The zero-order valence-corrected chi connectivity index (χ0v) is 21.8. The maximum atomic E-state index is 14.0. The maximum Gasteiger partial charge on any atom is 0.341 e. The van der Waals surface area contributed by atoms with Crippen molar-refractivity contribution in [1.29, 1.82) is 0 Å². The Labute approximate surface area is 218 Å². The van der Waals surface area contributed by atoms with Gasteiger partial charge in [-0.1, -0.05) is 30.7 Å². The van der Waals surface area contributed by atoms with Gasteiger partial charge in [0.25, 0.3) is 0 Å². The fraction of sp³-hybridized carbons (Fsp3) is 0.607. The highest BCUT2D eigenvalue weighted by atomic mass is 16.7. The van der Waals surface area contributed by atoms with Gasteiger partial charge in [0.15, 0.2) is 5.54 Å². The molecule has 1 aliphatic carbocycles. The van der Waals surface area contributed by atoms with Crippen LogP contribution in [0.25, 0.3) is 0 Å². The Balaban J connectivity index is 1.41. The van der Waals surface area contributed by atoms with Gasteiger partial charge in [0.2, 0.25) is 5.90 Å². The number of urea groups is 1. The predicted octanol–water partition coefficient (Wildman–Crippen LogP) is 3.91. The Morgan fingerprint density at radius 1 is 1.16 bits per heavy atom. The molecule has 0 aromatic heterocycles. The number of hydrogen-bond donors (Lipinski definition) is 0. The molecule has 4 aliphatic rings. The van der Waals surface area contributed by atoms with Crippen molar-refractivity contribution in [3.8, 4) is 5.75 Å². The maximum absolute atomic E-state index is 14.0. The summed E-state index contributed by atoms with van der Waals surface area (Å²) in [6.45, 7) is 4.14. The van der Waals surface area contributed by atoms with Gasteiger partial charge in [0.1, 0.15) is 18.6 Å². The molecule has 2 bridgehead atoms. The van der Waals surface area contributed by atoms with E-state index >= 15 is 0 Å². The average molecular weight is 512 g/mol. The summed E-state index contributed by atoms with van der Waals surface area (Å²) in [7, 11) is 1.64. The third kappa shape index (κ3) is 5.52. The Bertz CT molecular complexity index is 1040. The molecule has 1 unspecified atom stereocenters. The van der Waals surface area contributed by atoms with E-state index in [1.807, 2.05) is 36.1 Å². The van der Waals surface area contributed by atoms with Gasteiger partial charge < -0.3 is 28.7 Å². The summed E-state index contributed by atoms with van der Waals surface area (Å²) in [5.74, 6) is 0.897. The van der Waals surface area contributed by atoms with Crippen molar-refractivity contribution in [2.45, 2.75) is 69.7 Å². The normalized spacial score (nSPS) is 30.5. The zero-order valence-electron chi connectivity index (χ0n) is 21.8. The van der Waals surface area contributed by atoms with E-state index in [0.717, 1.165) is 37.0 Å². The van der Waals surface area contributed by atoms with Crippen molar-refractivity contribution >= 4 is 17.9 Å². The van der Waals surface area contributed by atoms with Crippen LogP contribution in [0.2, 0.25) is 0 Å². The van der Waals surface area contributed by atoms with E-state index in [0.29, 0.717) is 45.0 Å². The minimum Gasteiger partial charge on any atom is -0.497 e. The molecule has 37 heavy (non-hydrogen) atoms. The Hall–Kier alpha value is -2.91. The van der Waals surface area contributed by atoms with Crippen LogP contribution in [0.15, 0.2) is 41.4 Å². The van der Waals surface area contributed by atoms with E-state index in [4.69, 9.17) is 23.9 Å². The second-order valence-electron chi connectivity index (χ2n) is 10.2. The number of carbonyl (C=O) groups is 2. The van der Waals surface area contributed by atoms with Crippen LogP contribution >= 0.6 is 0 Å². The first kappa shape index (κ1) is 25.7. The van der Waals surface area contributed by atoms with Crippen LogP contribution in [0, 0.1) is 5.92 Å². The molecular weight excluding hydrogens is 474 g/mol. The highest BCUT2D eigenvalue weighted by molar-refractivity contribution is 6.05. The van der Waals surface area contributed by atoms with Gasteiger partial charge in [-0.15, -0.1) is 0 Å². The molecule has 1 aromatic carbocycles. The van der Waals surface area contributed by atoms with Crippen molar-refractivity contribution in [3.05, 3.63) is 42.0 Å². The lowest BCUT2D eigenvalue weighted by Gasteiger charge is -2.31. The molecule has 200 valence electrons. The number of ether oxygens (including phenoxy) is 4. The third-order valence-electron chi connectivity index (χ3n) is 7.70. The second kappa shape index (κ2) is 11.2. The van der Waals surface area contributed by atoms with Crippen LogP contribution in [0.4, 0.5) is 4.79 Å². The molecule has 1 aromatic rings. The molecular formula is C28H37N3O6. The minimum atomic E-state index is -0.812. The van der Waals surface area contributed by atoms with Crippen molar-refractivity contribution < 1.29 is 28.5 Å². The number of fused-ring (bicyclic) bond motifs is 2. The van der Waals surface area contributed by atoms with Gasteiger partial charge in [-0.25, -0.2) is 14.6 Å². The quantitative estimate of drug-likeness (QED) is 0.239. The van der Waals surface area contributed by atoms with E-state index in [1.165, 1.54) is 0 Å². The number of rotatable bonds is 7. The molecule has 2 amide bonds. The monoisotopic (exact) mass is 511 g/mol. The molecule has 3 aliphatic heterocycles. The first-order chi connectivity index (χ1) is 18.0. The molecule has 1 saturated carbocycles. The third-order valence-corrected chi connectivity index (χ3v) is 7.70. The van der Waals surface area contributed by atoms with E-state index in [-0.39, 0.29) is 30.8 Å². The first-order valence-electron chi connectivity index (χ1n) is 13.4. The van der Waals surface area contributed by atoms with Gasteiger partial charge >= 0.3 is 12.0 Å².